The minimum Gasteiger partial charge on any atom is -0.394 e. The average molecular weight is 424 g/mol. The largest absolute Gasteiger partial charge is 0.394 e. The van der Waals surface area contributed by atoms with Gasteiger partial charge in [0, 0.05) is 17.6 Å². The monoisotopic (exact) mass is 423 g/mol. The van der Waals surface area contributed by atoms with Crippen LogP contribution in [-0.4, -0.2) is 55.4 Å². The molecule has 5 rings (SSSR count). The number of rotatable bonds is 5. The normalized spacial score (nSPS) is 33.6. The number of H-pyrrole nitrogens is 1. The first-order valence-corrected chi connectivity index (χ1v) is 10.9. The quantitative estimate of drug-likeness (QED) is 0.434. The third-order valence-corrected chi connectivity index (χ3v) is 7.12. The van der Waals surface area contributed by atoms with Gasteiger partial charge in [0.05, 0.1) is 6.61 Å². The number of nitrogens with one attached hydrogen (secondary N) is 1. The lowest BCUT2D eigenvalue weighted by Crippen LogP contribution is -2.72. The molecular formula is C25H29NO5. The van der Waals surface area contributed by atoms with E-state index in [0.29, 0.717) is 11.6 Å². The molecule has 31 heavy (non-hydrogen) atoms. The van der Waals surface area contributed by atoms with E-state index in [1.54, 1.807) is 0 Å². The summed E-state index contributed by atoms with van der Waals surface area (Å²) >= 11 is 0. The molecule has 2 aromatic carbocycles. The van der Waals surface area contributed by atoms with Crippen molar-refractivity contribution in [1.29, 1.82) is 0 Å². The van der Waals surface area contributed by atoms with Crippen LogP contribution in [0.25, 0.3) is 10.9 Å². The van der Waals surface area contributed by atoms with Crippen LogP contribution in [0.15, 0.2) is 54.6 Å². The van der Waals surface area contributed by atoms with Gasteiger partial charge in [0.15, 0.2) is 0 Å². The minimum absolute atomic E-state index is 0.0305. The molecule has 6 heteroatoms. The van der Waals surface area contributed by atoms with Gasteiger partial charge in [-0.2, -0.15) is 0 Å². The molecule has 2 fully saturated rings. The van der Waals surface area contributed by atoms with E-state index in [1.165, 1.54) is 25.3 Å². The standard InChI is InChI=1S/C25H29NO5/c1-24(29)21(14-27)31-22(20-12-18-4-2-3-5-19(18)26-20)23(28)25(24,30)13-15-6-8-16(9-7-15)17-10-11-17/h2-9,12,17,21-23,26-30H,10-11,13-14H2,1H3/t21-,22+,23+,24-,25-/m1/s1. The Morgan fingerprint density at radius 3 is 2.42 bits per heavy atom. The van der Waals surface area contributed by atoms with Crippen molar-refractivity contribution in [2.45, 2.75) is 61.6 Å². The summed E-state index contributed by atoms with van der Waals surface area (Å²) < 4.78 is 5.93. The van der Waals surface area contributed by atoms with Crippen molar-refractivity contribution in [1.82, 2.24) is 4.98 Å². The maximum atomic E-state index is 11.7. The van der Waals surface area contributed by atoms with Crippen LogP contribution in [0, 0.1) is 0 Å². The van der Waals surface area contributed by atoms with E-state index in [9.17, 15) is 20.4 Å². The number of benzene rings is 2. The SMILES string of the molecule is C[C@@]1(O)[C@@H](CO)O[C@@H](c2cc3ccccc3[nH]2)[C@H](O)[C@]1(O)Cc1ccc(C2CC2)cc1. The van der Waals surface area contributed by atoms with Gasteiger partial charge in [0.2, 0.25) is 0 Å². The van der Waals surface area contributed by atoms with Gasteiger partial charge >= 0.3 is 0 Å². The van der Waals surface area contributed by atoms with Gasteiger partial charge in [-0.3, -0.25) is 0 Å². The Bertz CT molecular complexity index is 1040. The Hall–Kier alpha value is -2.22. The third kappa shape index (κ3) is 3.39. The van der Waals surface area contributed by atoms with Crippen molar-refractivity contribution >= 4 is 10.9 Å². The molecule has 164 valence electrons. The zero-order valence-electron chi connectivity index (χ0n) is 17.5. The van der Waals surface area contributed by atoms with Gasteiger partial charge < -0.3 is 30.1 Å². The number of hydrogen-bond donors (Lipinski definition) is 5. The Labute approximate surface area is 181 Å². The lowest BCUT2D eigenvalue weighted by atomic mass is 9.69. The van der Waals surface area contributed by atoms with E-state index in [2.05, 4.69) is 17.1 Å². The van der Waals surface area contributed by atoms with E-state index in [1.807, 2.05) is 42.5 Å². The zero-order chi connectivity index (χ0) is 21.8. The van der Waals surface area contributed by atoms with Gasteiger partial charge in [-0.25, -0.2) is 0 Å². The first kappa shape index (κ1) is 20.7. The van der Waals surface area contributed by atoms with E-state index in [0.717, 1.165) is 16.5 Å². The summed E-state index contributed by atoms with van der Waals surface area (Å²) in [7, 11) is 0. The van der Waals surface area contributed by atoms with Crippen LogP contribution in [0.1, 0.15) is 48.6 Å². The maximum Gasteiger partial charge on any atom is 0.128 e. The molecule has 5 atom stereocenters. The summed E-state index contributed by atoms with van der Waals surface area (Å²) in [4.78, 5) is 3.24. The summed E-state index contributed by atoms with van der Waals surface area (Å²) in [5.74, 6) is 0.624. The average Bonchev–Trinajstić information content (AvgIpc) is 3.52. The summed E-state index contributed by atoms with van der Waals surface area (Å²) in [5, 5.41) is 45.1. The maximum absolute atomic E-state index is 11.7. The molecule has 0 radical (unpaired) electrons. The third-order valence-electron chi connectivity index (χ3n) is 7.12. The molecule has 1 aliphatic heterocycles. The highest BCUT2D eigenvalue weighted by molar-refractivity contribution is 5.80. The summed E-state index contributed by atoms with van der Waals surface area (Å²) in [6.45, 7) is 0.927. The summed E-state index contributed by atoms with van der Waals surface area (Å²) in [5.41, 5.74) is -0.240. The van der Waals surface area contributed by atoms with Crippen LogP contribution in [0.5, 0.6) is 0 Å². The fourth-order valence-corrected chi connectivity index (χ4v) is 4.84. The van der Waals surface area contributed by atoms with Crippen LogP contribution in [0.3, 0.4) is 0 Å². The first-order chi connectivity index (χ1) is 14.8. The molecule has 0 bridgehead atoms. The Morgan fingerprint density at radius 1 is 1.06 bits per heavy atom. The van der Waals surface area contributed by atoms with Crippen molar-refractivity contribution < 1.29 is 25.2 Å². The zero-order valence-corrected chi connectivity index (χ0v) is 17.5. The molecule has 2 heterocycles. The van der Waals surface area contributed by atoms with E-state index >= 15 is 0 Å². The highest BCUT2D eigenvalue weighted by Gasteiger charge is 2.62. The Kier molecular flexibility index (Phi) is 4.95. The van der Waals surface area contributed by atoms with Crippen LogP contribution in [0.2, 0.25) is 0 Å². The molecule has 6 nitrogen and oxygen atoms in total. The highest BCUT2D eigenvalue weighted by Crippen LogP contribution is 2.46. The number of hydrogen-bond acceptors (Lipinski definition) is 5. The number of ether oxygens (including phenoxy) is 1. The van der Waals surface area contributed by atoms with Crippen molar-refractivity contribution in [3.63, 3.8) is 0 Å². The first-order valence-electron chi connectivity index (χ1n) is 10.9. The second-order valence-corrected chi connectivity index (χ2v) is 9.25. The highest BCUT2D eigenvalue weighted by atomic mass is 16.6. The summed E-state index contributed by atoms with van der Waals surface area (Å²) in [6.07, 6.45) is -0.968. The van der Waals surface area contributed by atoms with E-state index in [-0.39, 0.29) is 6.42 Å². The fraction of sp³-hybridized carbons (Fsp3) is 0.440. The molecule has 0 unspecified atom stereocenters. The van der Waals surface area contributed by atoms with Gasteiger partial charge in [0.25, 0.3) is 0 Å². The second kappa shape index (κ2) is 7.43. The molecule has 1 saturated heterocycles. The van der Waals surface area contributed by atoms with Crippen molar-refractivity contribution in [3.05, 3.63) is 71.4 Å². The van der Waals surface area contributed by atoms with Crippen LogP contribution >= 0.6 is 0 Å². The Balaban J connectivity index is 1.50. The van der Waals surface area contributed by atoms with Gasteiger partial charge in [-0.1, -0.05) is 42.5 Å². The van der Waals surface area contributed by atoms with Gasteiger partial charge in [0.1, 0.15) is 29.5 Å². The van der Waals surface area contributed by atoms with Crippen LogP contribution in [-0.2, 0) is 11.2 Å². The second-order valence-electron chi connectivity index (χ2n) is 9.25. The number of fused-ring (bicyclic) bond motifs is 1. The fourth-order valence-electron chi connectivity index (χ4n) is 4.84. The number of aliphatic hydroxyl groups excluding tert-OH is 2. The molecule has 1 aromatic heterocycles. The lowest BCUT2D eigenvalue weighted by molar-refractivity contribution is -0.317. The van der Waals surface area contributed by atoms with Gasteiger partial charge in [-0.15, -0.1) is 0 Å². The van der Waals surface area contributed by atoms with Crippen molar-refractivity contribution in [2.75, 3.05) is 6.61 Å². The number of aromatic nitrogens is 1. The molecule has 2 aliphatic rings. The molecule has 1 aliphatic carbocycles. The van der Waals surface area contributed by atoms with Gasteiger partial charge in [-0.05, 0) is 54.3 Å². The smallest absolute Gasteiger partial charge is 0.128 e. The van der Waals surface area contributed by atoms with Crippen LogP contribution in [0.4, 0.5) is 0 Å². The van der Waals surface area contributed by atoms with E-state index in [4.69, 9.17) is 4.74 Å². The molecule has 0 spiro atoms. The summed E-state index contributed by atoms with van der Waals surface area (Å²) in [6, 6.07) is 17.5. The number of aliphatic hydroxyl groups is 4. The van der Waals surface area contributed by atoms with Crippen LogP contribution < -0.4 is 0 Å². The van der Waals surface area contributed by atoms with Crippen molar-refractivity contribution in [3.8, 4) is 0 Å². The molecule has 5 N–H and O–H groups in total. The predicted molar refractivity (Wildman–Crippen MR) is 117 cm³/mol. The molecule has 3 aromatic rings. The van der Waals surface area contributed by atoms with Crippen molar-refractivity contribution in [2.24, 2.45) is 0 Å². The predicted octanol–water partition coefficient (Wildman–Crippen LogP) is 2.56. The molecular weight excluding hydrogens is 394 g/mol. The minimum atomic E-state index is -1.93. The number of para-hydroxylation sites is 1. The topological polar surface area (TPSA) is 106 Å². The lowest BCUT2D eigenvalue weighted by Gasteiger charge is -2.54. The number of aromatic amines is 1. The van der Waals surface area contributed by atoms with E-state index < -0.39 is 36.1 Å². The molecule has 0 amide bonds. The molecule has 1 saturated carbocycles. The Morgan fingerprint density at radius 2 is 1.77 bits per heavy atom.